The molecule has 0 spiro atoms. The molecule has 0 atom stereocenters. The molecule has 0 unspecified atom stereocenters. The number of hydrogen-bond acceptors (Lipinski definition) is 2. The summed E-state index contributed by atoms with van der Waals surface area (Å²) in [5, 5.41) is 12.3. The average Bonchev–Trinajstić information content (AvgIpc) is 2.18. The van der Waals surface area contributed by atoms with Crippen LogP contribution in [0, 0.1) is 5.82 Å². The van der Waals surface area contributed by atoms with Crippen molar-refractivity contribution in [2.24, 2.45) is 5.11 Å². The van der Waals surface area contributed by atoms with Crippen LogP contribution in [0.15, 0.2) is 29.4 Å². The highest BCUT2D eigenvalue weighted by Gasteiger charge is 1.97. The SMILES string of the molecule is [N-]=[N+]=NCC=Cc1ccc(F)c(O)c1. The first-order valence-corrected chi connectivity index (χ1v) is 3.90. The summed E-state index contributed by atoms with van der Waals surface area (Å²) in [6.07, 6.45) is 3.25. The van der Waals surface area contributed by atoms with Crippen molar-refractivity contribution in [1.29, 1.82) is 0 Å². The van der Waals surface area contributed by atoms with Crippen LogP contribution in [0.4, 0.5) is 4.39 Å². The third kappa shape index (κ3) is 2.80. The van der Waals surface area contributed by atoms with Gasteiger partial charge in [0.2, 0.25) is 0 Å². The van der Waals surface area contributed by atoms with E-state index in [0.717, 1.165) is 0 Å². The number of benzene rings is 1. The number of halogens is 1. The topological polar surface area (TPSA) is 69.0 Å². The van der Waals surface area contributed by atoms with E-state index in [1.807, 2.05) is 0 Å². The van der Waals surface area contributed by atoms with Gasteiger partial charge < -0.3 is 5.11 Å². The molecule has 0 saturated carbocycles. The summed E-state index contributed by atoms with van der Waals surface area (Å²) >= 11 is 0. The molecular formula is C9H8FN3O. The first kappa shape index (κ1) is 10.1. The van der Waals surface area contributed by atoms with Crippen LogP contribution in [0.5, 0.6) is 5.75 Å². The number of hydrogen-bond donors (Lipinski definition) is 1. The van der Waals surface area contributed by atoms with E-state index in [9.17, 15) is 4.39 Å². The zero-order valence-corrected chi connectivity index (χ0v) is 7.26. The predicted molar refractivity (Wildman–Crippen MR) is 51.1 cm³/mol. The van der Waals surface area contributed by atoms with Gasteiger partial charge in [0.1, 0.15) is 0 Å². The van der Waals surface area contributed by atoms with Gasteiger partial charge in [-0.1, -0.05) is 23.3 Å². The second-order valence-electron chi connectivity index (χ2n) is 2.53. The monoisotopic (exact) mass is 193 g/mol. The number of phenols is 1. The third-order valence-electron chi connectivity index (χ3n) is 1.53. The van der Waals surface area contributed by atoms with Gasteiger partial charge in [0.15, 0.2) is 11.6 Å². The number of aromatic hydroxyl groups is 1. The Morgan fingerprint density at radius 3 is 3.00 bits per heavy atom. The van der Waals surface area contributed by atoms with Crippen molar-refractivity contribution < 1.29 is 9.50 Å². The van der Waals surface area contributed by atoms with Gasteiger partial charge >= 0.3 is 0 Å². The van der Waals surface area contributed by atoms with Crippen molar-refractivity contribution in [3.63, 3.8) is 0 Å². The maximum absolute atomic E-state index is 12.6. The van der Waals surface area contributed by atoms with E-state index in [1.54, 1.807) is 12.2 Å². The molecule has 14 heavy (non-hydrogen) atoms. The molecule has 4 nitrogen and oxygen atoms in total. The van der Waals surface area contributed by atoms with Crippen molar-refractivity contribution in [3.05, 3.63) is 46.1 Å². The molecule has 0 saturated heterocycles. The first-order valence-electron chi connectivity index (χ1n) is 3.90. The first-order chi connectivity index (χ1) is 6.74. The predicted octanol–water partition coefficient (Wildman–Crippen LogP) is 2.85. The molecule has 0 aliphatic carbocycles. The number of azide groups is 1. The van der Waals surface area contributed by atoms with Crippen LogP contribution in [0.3, 0.4) is 0 Å². The summed E-state index contributed by atoms with van der Waals surface area (Å²) in [4.78, 5) is 2.56. The fourth-order valence-electron chi connectivity index (χ4n) is 0.906. The zero-order chi connectivity index (χ0) is 10.4. The van der Waals surface area contributed by atoms with E-state index in [2.05, 4.69) is 10.0 Å². The van der Waals surface area contributed by atoms with Crippen LogP contribution >= 0.6 is 0 Å². The van der Waals surface area contributed by atoms with Gasteiger partial charge in [0.25, 0.3) is 0 Å². The smallest absolute Gasteiger partial charge is 0.164 e. The second-order valence-corrected chi connectivity index (χ2v) is 2.53. The molecule has 1 aromatic carbocycles. The van der Waals surface area contributed by atoms with Crippen molar-refractivity contribution in [2.75, 3.05) is 6.54 Å². The Balaban J connectivity index is 2.72. The Bertz CT molecular complexity index is 397. The largest absolute Gasteiger partial charge is 0.505 e. The lowest BCUT2D eigenvalue weighted by Crippen LogP contribution is -1.78. The molecule has 0 aliphatic heterocycles. The summed E-state index contributed by atoms with van der Waals surface area (Å²) < 4.78 is 12.6. The van der Waals surface area contributed by atoms with E-state index in [4.69, 9.17) is 10.6 Å². The Morgan fingerprint density at radius 1 is 1.57 bits per heavy atom. The van der Waals surface area contributed by atoms with Crippen molar-refractivity contribution in [1.82, 2.24) is 0 Å². The van der Waals surface area contributed by atoms with Crippen LogP contribution in [-0.2, 0) is 0 Å². The molecule has 0 fully saturated rings. The second kappa shape index (κ2) is 4.89. The van der Waals surface area contributed by atoms with E-state index in [1.165, 1.54) is 18.2 Å². The molecule has 1 aromatic rings. The van der Waals surface area contributed by atoms with Crippen molar-refractivity contribution >= 4 is 6.08 Å². The lowest BCUT2D eigenvalue weighted by Gasteiger charge is -1.96. The highest BCUT2D eigenvalue weighted by Crippen LogP contribution is 2.17. The van der Waals surface area contributed by atoms with Crippen LogP contribution in [0.1, 0.15) is 5.56 Å². The lowest BCUT2D eigenvalue weighted by molar-refractivity contribution is 0.432. The van der Waals surface area contributed by atoms with E-state index in [-0.39, 0.29) is 6.54 Å². The quantitative estimate of drug-likeness (QED) is 0.447. The molecule has 0 aromatic heterocycles. The molecule has 1 rings (SSSR count). The summed E-state index contributed by atoms with van der Waals surface area (Å²) in [7, 11) is 0. The minimum absolute atomic E-state index is 0.231. The standard InChI is InChI=1S/C9H8FN3O/c10-8-4-3-7(6-9(8)14)2-1-5-12-13-11/h1-4,6,14H,5H2. The van der Waals surface area contributed by atoms with E-state index in [0.29, 0.717) is 5.56 Å². The summed E-state index contributed by atoms with van der Waals surface area (Å²) in [6.45, 7) is 0.231. The number of rotatable bonds is 3. The van der Waals surface area contributed by atoms with Crippen molar-refractivity contribution in [2.45, 2.75) is 0 Å². The molecular weight excluding hydrogens is 185 g/mol. The lowest BCUT2D eigenvalue weighted by atomic mass is 10.2. The van der Waals surface area contributed by atoms with E-state index < -0.39 is 11.6 Å². The van der Waals surface area contributed by atoms with Gasteiger partial charge in [0.05, 0.1) is 0 Å². The minimum atomic E-state index is -0.655. The van der Waals surface area contributed by atoms with Gasteiger partial charge in [-0.15, -0.1) is 0 Å². The van der Waals surface area contributed by atoms with Crippen molar-refractivity contribution in [3.8, 4) is 5.75 Å². The molecule has 0 radical (unpaired) electrons. The van der Waals surface area contributed by atoms with Crippen LogP contribution in [0.2, 0.25) is 0 Å². The van der Waals surface area contributed by atoms with Gasteiger partial charge in [0, 0.05) is 11.5 Å². The summed E-state index contributed by atoms with van der Waals surface area (Å²) in [5.74, 6) is -1.05. The average molecular weight is 193 g/mol. The Morgan fingerprint density at radius 2 is 2.36 bits per heavy atom. The number of phenolic OH excluding ortho intramolecular Hbond substituents is 1. The molecule has 1 N–H and O–H groups in total. The minimum Gasteiger partial charge on any atom is -0.505 e. The zero-order valence-electron chi connectivity index (χ0n) is 7.26. The fourth-order valence-corrected chi connectivity index (χ4v) is 0.906. The van der Waals surface area contributed by atoms with E-state index >= 15 is 0 Å². The van der Waals surface area contributed by atoms with Gasteiger partial charge in [-0.2, -0.15) is 0 Å². The molecule has 0 aliphatic rings. The normalized spacial score (nSPS) is 10.1. The van der Waals surface area contributed by atoms with Crippen LogP contribution < -0.4 is 0 Å². The highest BCUT2D eigenvalue weighted by atomic mass is 19.1. The third-order valence-corrected chi connectivity index (χ3v) is 1.53. The van der Waals surface area contributed by atoms with Crippen LogP contribution in [-0.4, -0.2) is 11.7 Å². The molecule has 0 bridgehead atoms. The molecule has 72 valence electrons. The molecule has 5 heteroatoms. The van der Waals surface area contributed by atoms with Gasteiger partial charge in [-0.25, -0.2) is 4.39 Å². The fraction of sp³-hybridized carbons (Fsp3) is 0.111. The molecule has 0 heterocycles. The number of nitrogens with zero attached hydrogens (tertiary/aromatic N) is 3. The van der Waals surface area contributed by atoms with Crippen LogP contribution in [0.25, 0.3) is 16.5 Å². The summed E-state index contributed by atoms with van der Waals surface area (Å²) in [5.41, 5.74) is 8.63. The Hall–Kier alpha value is -2.00. The van der Waals surface area contributed by atoms with Gasteiger partial charge in [-0.05, 0) is 23.2 Å². The maximum Gasteiger partial charge on any atom is 0.164 e. The Kier molecular flexibility index (Phi) is 3.52. The molecule has 0 amide bonds. The highest BCUT2D eigenvalue weighted by molar-refractivity contribution is 5.51. The Labute approximate surface area is 79.9 Å². The summed E-state index contributed by atoms with van der Waals surface area (Å²) in [6, 6.07) is 3.98. The van der Waals surface area contributed by atoms with Gasteiger partial charge in [-0.3, -0.25) is 0 Å². The maximum atomic E-state index is 12.6.